The van der Waals surface area contributed by atoms with E-state index in [9.17, 15) is 28.3 Å². The highest BCUT2D eigenvalue weighted by atomic mass is 19.1. The van der Waals surface area contributed by atoms with Gasteiger partial charge in [0.1, 0.15) is 29.5 Å². The van der Waals surface area contributed by atoms with Gasteiger partial charge in [-0.1, -0.05) is 12.2 Å². The van der Waals surface area contributed by atoms with Crippen LogP contribution in [0.1, 0.15) is 50.5 Å². The zero-order valence-electron chi connectivity index (χ0n) is 26.1. The lowest BCUT2D eigenvalue weighted by molar-refractivity contribution is -0.144. The number of hydrogen-bond acceptors (Lipinski definition) is 7. The summed E-state index contributed by atoms with van der Waals surface area (Å²) in [6.45, 7) is 2.31. The molecule has 2 heterocycles. The molecular weight excluding hydrogens is 598 g/mol. The Morgan fingerprint density at radius 1 is 1.02 bits per heavy atom. The van der Waals surface area contributed by atoms with Crippen LogP contribution in [-0.4, -0.2) is 70.6 Å². The van der Waals surface area contributed by atoms with E-state index in [1.165, 1.54) is 7.11 Å². The van der Waals surface area contributed by atoms with Gasteiger partial charge in [-0.05, 0) is 76.1 Å². The molecule has 5 rings (SSSR count). The summed E-state index contributed by atoms with van der Waals surface area (Å²) < 4.78 is 40.3. The molecular formula is C34H38F2N4O6. The number of methoxy groups -OCH3 is 1. The van der Waals surface area contributed by atoms with Crippen molar-refractivity contribution in [3.63, 3.8) is 0 Å². The average Bonchev–Trinajstić information content (AvgIpc) is 3.44. The molecule has 10 nitrogen and oxygen atoms in total. The Morgan fingerprint density at radius 2 is 1.74 bits per heavy atom. The highest BCUT2D eigenvalue weighted by Crippen LogP contribution is 2.39. The monoisotopic (exact) mass is 636 g/mol. The number of carboxylic acids is 1. The maximum absolute atomic E-state index is 14.2. The van der Waals surface area contributed by atoms with Crippen LogP contribution in [-0.2, 0) is 14.4 Å². The van der Waals surface area contributed by atoms with Gasteiger partial charge in [-0.15, -0.1) is 0 Å². The van der Waals surface area contributed by atoms with E-state index in [1.54, 1.807) is 31.0 Å². The third kappa shape index (κ3) is 7.27. The van der Waals surface area contributed by atoms with E-state index in [4.69, 9.17) is 9.47 Å². The second-order valence-electron chi connectivity index (χ2n) is 11.9. The number of aryl methyl sites for hydroxylation is 1. The molecule has 0 radical (unpaired) electrons. The van der Waals surface area contributed by atoms with Crippen molar-refractivity contribution in [2.45, 2.75) is 64.0 Å². The number of halogens is 2. The quantitative estimate of drug-likeness (QED) is 0.365. The highest BCUT2D eigenvalue weighted by Gasteiger charge is 2.45. The van der Waals surface area contributed by atoms with Gasteiger partial charge in [0.15, 0.2) is 5.82 Å². The molecule has 0 bridgehead atoms. The molecule has 2 aromatic carbocycles. The third-order valence-corrected chi connectivity index (χ3v) is 8.72. The molecule has 1 saturated carbocycles. The summed E-state index contributed by atoms with van der Waals surface area (Å²) in [5.74, 6) is -4.36. The normalized spacial score (nSPS) is 22.9. The first-order valence-electron chi connectivity index (χ1n) is 15.5. The molecule has 0 spiro atoms. The molecule has 12 heteroatoms. The molecule has 1 aromatic heterocycles. The van der Waals surface area contributed by atoms with Gasteiger partial charge < -0.3 is 24.8 Å². The predicted octanol–water partition coefficient (Wildman–Crippen LogP) is 5.21. The van der Waals surface area contributed by atoms with Crippen molar-refractivity contribution in [3.05, 3.63) is 59.7 Å². The van der Waals surface area contributed by atoms with Gasteiger partial charge in [-0.3, -0.25) is 9.59 Å². The van der Waals surface area contributed by atoms with Crippen LogP contribution in [0.3, 0.4) is 0 Å². The van der Waals surface area contributed by atoms with Crippen molar-refractivity contribution in [1.82, 2.24) is 20.2 Å². The van der Waals surface area contributed by atoms with Crippen LogP contribution in [0.4, 0.5) is 8.78 Å². The van der Waals surface area contributed by atoms with Crippen molar-refractivity contribution in [2.75, 3.05) is 20.7 Å². The first-order chi connectivity index (χ1) is 22.0. The SMILES string of the molecule is COc1ccc2c(OC3CC4C(=O)NC(C(=O)O)CCC=CCCCCN(C)C(=O)C4C3)nc(-c3cc(F)cc(F)c3)nc2c1C. The molecule has 2 N–H and O–H groups in total. The number of carbonyl (C=O) groups is 3. The highest BCUT2D eigenvalue weighted by molar-refractivity contribution is 5.91. The number of nitrogens with one attached hydrogen (secondary N) is 1. The summed E-state index contributed by atoms with van der Waals surface area (Å²) >= 11 is 0. The van der Waals surface area contributed by atoms with Crippen LogP contribution in [0.5, 0.6) is 11.6 Å². The fourth-order valence-corrected chi connectivity index (χ4v) is 6.26. The van der Waals surface area contributed by atoms with Crippen LogP contribution in [0.15, 0.2) is 42.5 Å². The van der Waals surface area contributed by atoms with E-state index < -0.39 is 47.5 Å². The molecule has 1 aliphatic carbocycles. The minimum Gasteiger partial charge on any atom is -0.496 e. The second kappa shape index (κ2) is 14.2. The zero-order chi connectivity index (χ0) is 33.0. The van der Waals surface area contributed by atoms with Gasteiger partial charge in [0.2, 0.25) is 17.7 Å². The van der Waals surface area contributed by atoms with Gasteiger partial charge >= 0.3 is 5.97 Å². The number of rotatable bonds is 5. The molecule has 1 fully saturated rings. The maximum Gasteiger partial charge on any atom is 0.326 e. The average molecular weight is 637 g/mol. The summed E-state index contributed by atoms with van der Waals surface area (Å²) in [6, 6.07) is 5.35. The Kier molecular flexibility index (Phi) is 10.1. The van der Waals surface area contributed by atoms with E-state index in [0.29, 0.717) is 35.2 Å². The van der Waals surface area contributed by atoms with E-state index in [-0.39, 0.29) is 42.4 Å². The fraction of sp³-hybridized carbons (Fsp3) is 0.441. The number of amides is 2. The van der Waals surface area contributed by atoms with E-state index in [0.717, 1.165) is 37.5 Å². The lowest BCUT2D eigenvalue weighted by Crippen LogP contribution is -2.46. The van der Waals surface area contributed by atoms with Gasteiger partial charge in [0.05, 0.1) is 29.8 Å². The van der Waals surface area contributed by atoms with Crippen LogP contribution in [0, 0.1) is 30.4 Å². The molecule has 2 amide bonds. The minimum atomic E-state index is -1.14. The van der Waals surface area contributed by atoms with Crippen molar-refractivity contribution in [2.24, 2.45) is 11.8 Å². The second-order valence-corrected chi connectivity index (χ2v) is 11.9. The van der Waals surface area contributed by atoms with Gasteiger partial charge in [0, 0.05) is 30.8 Å². The molecule has 3 aromatic rings. The first kappa shape index (κ1) is 32.8. The molecule has 2 aliphatic rings. The number of allylic oxidation sites excluding steroid dienone is 2. The predicted molar refractivity (Wildman–Crippen MR) is 166 cm³/mol. The Hall–Kier alpha value is -4.61. The number of nitrogens with zero attached hydrogens (tertiary/aromatic N) is 3. The number of ether oxygens (including phenoxy) is 2. The van der Waals surface area contributed by atoms with E-state index >= 15 is 0 Å². The molecule has 4 atom stereocenters. The van der Waals surface area contributed by atoms with Gasteiger partial charge in [-0.2, -0.15) is 4.98 Å². The van der Waals surface area contributed by atoms with Crippen LogP contribution in [0.25, 0.3) is 22.3 Å². The van der Waals surface area contributed by atoms with Gasteiger partial charge in [0.25, 0.3) is 0 Å². The Morgan fingerprint density at radius 3 is 2.46 bits per heavy atom. The minimum absolute atomic E-state index is 0.0247. The van der Waals surface area contributed by atoms with E-state index in [2.05, 4.69) is 15.3 Å². The van der Waals surface area contributed by atoms with Crippen molar-refractivity contribution < 1.29 is 37.7 Å². The third-order valence-electron chi connectivity index (χ3n) is 8.72. The van der Waals surface area contributed by atoms with Crippen LogP contribution < -0.4 is 14.8 Å². The summed E-state index contributed by atoms with van der Waals surface area (Å²) in [6.07, 6.45) is 6.79. The molecule has 46 heavy (non-hydrogen) atoms. The number of aromatic nitrogens is 2. The molecule has 244 valence electrons. The van der Waals surface area contributed by atoms with Crippen LogP contribution >= 0.6 is 0 Å². The lowest BCUT2D eigenvalue weighted by atomic mass is 9.93. The number of fused-ring (bicyclic) bond motifs is 2. The van der Waals surface area contributed by atoms with Gasteiger partial charge in [-0.25, -0.2) is 18.6 Å². The van der Waals surface area contributed by atoms with Crippen molar-refractivity contribution in [1.29, 1.82) is 0 Å². The molecule has 1 aliphatic heterocycles. The Bertz CT molecular complexity index is 1640. The lowest BCUT2D eigenvalue weighted by Gasteiger charge is -2.25. The first-order valence-corrected chi connectivity index (χ1v) is 15.5. The van der Waals surface area contributed by atoms with Crippen molar-refractivity contribution in [3.8, 4) is 23.0 Å². The zero-order valence-corrected chi connectivity index (χ0v) is 26.1. The summed E-state index contributed by atoms with van der Waals surface area (Å²) in [5.41, 5.74) is 1.21. The fourth-order valence-electron chi connectivity index (χ4n) is 6.26. The van der Waals surface area contributed by atoms with Crippen molar-refractivity contribution >= 4 is 28.7 Å². The summed E-state index contributed by atoms with van der Waals surface area (Å²) in [5, 5.41) is 13.0. The topological polar surface area (TPSA) is 131 Å². The summed E-state index contributed by atoms with van der Waals surface area (Å²) in [7, 11) is 3.23. The smallest absolute Gasteiger partial charge is 0.326 e. The number of aliphatic carboxylic acids is 1. The molecule has 4 unspecified atom stereocenters. The number of carboxylic acid groups (broad SMARTS) is 1. The number of hydrogen-bond donors (Lipinski definition) is 2. The Balaban J connectivity index is 1.51. The largest absolute Gasteiger partial charge is 0.496 e. The standard InChI is InChI=1S/C34H38F2N4O6/c1-19-28(45-3)12-11-24-29(19)38-30(20-14-21(35)16-22(36)15-20)39-32(24)46-23-17-25-26(18-23)33(42)40(2)13-9-7-5-4-6-8-10-27(34(43)44)37-31(25)41/h4,6,11-12,14-16,23,25-27H,5,7-10,13,17-18H2,1-3H3,(H,37,41)(H,43,44). The maximum atomic E-state index is 14.2. The van der Waals surface area contributed by atoms with Crippen LogP contribution in [0.2, 0.25) is 0 Å². The number of carbonyl (C=O) groups excluding carboxylic acids is 2. The number of benzene rings is 2. The molecule has 0 saturated heterocycles. The summed E-state index contributed by atoms with van der Waals surface area (Å²) in [4.78, 5) is 50.1. The Labute approximate surface area is 265 Å². The van der Waals surface area contributed by atoms with E-state index in [1.807, 2.05) is 12.2 Å².